The van der Waals surface area contributed by atoms with Crippen molar-refractivity contribution in [2.24, 2.45) is 7.05 Å². The maximum absolute atomic E-state index is 13.4. The number of carbonyl (C=O) groups excluding carboxylic acids is 1. The van der Waals surface area contributed by atoms with E-state index in [9.17, 15) is 22.8 Å². The normalized spacial score (nSPS) is 12.9. The minimum absolute atomic E-state index is 0.0420. The van der Waals surface area contributed by atoms with Crippen LogP contribution in [0.2, 0.25) is 0 Å². The van der Waals surface area contributed by atoms with Crippen LogP contribution < -0.4 is 10.9 Å². The molecule has 0 radical (unpaired) electrons. The number of fused-ring (bicyclic) bond motifs is 1. The van der Waals surface area contributed by atoms with Crippen molar-refractivity contribution in [3.05, 3.63) is 63.6 Å². The molecule has 3 rings (SSSR count). The van der Waals surface area contributed by atoms with Gasteiger partial charge in [0.2, 0.25) is 5.91 Å². The van der Waals surface area contributed by atoms with E-state index >= 15 is 0 Å². The van der Waals surface area contributed by atoms with Crippen molar-refractivity contribution < 1.29 is 18.0 Å². The Morgan fingerprint density at radius 2 is 1.89 bits per heavy atom. The molecule has 2 heterocycles. The SMILES string of the molecule is Cc1nn(C)c2c1c(C(F)(F)F)cc(=O)n2C(C)C(=O)NCc1ccccc1. The Kier molecular flexibility index (Phi) is 5.01. The maximum Gasteiger partial charge on any atom is 0.417 e. The van der Waals surface area contributed by atoms with Crippen molar-refractivity contribution in [2.45, 2.75) is 32.6 Å². The summed E-state index contributed by atoms with van der Waals surface area (Å²) in [6.07, 6.45) is -4.71. The van der Waals surface area contributed by atoms with Crippen molar-refractivity contribution in [3.8, 4) is 0 Å². The summed E-state index contributed by atoms with van der Waals surface area (Å²) in [7, 11) is 1.44. The molecule has 0 bridgehead atoms. The number of alkyl halides is 3. The smallest absolute Gasteiger partial charge is 0.350 e. The van der Waals surface area contributed by atoms with Gasteiger partial charge in [0, 0.05) is 19.7 Å². The van der Waals surface area contributed by atoms with Gasteiger partial charge in [0.15, 0.2) is 0 Å². The summed E-state index contributed by atoms with van der Waals surface area (Å²) in [5, 5.41) is 6.55. The summed E-state index contributed by atoms with van der Waals surface area (Å²) >= 11 is 0. The van der Waals surface area contributed by atoms with Gasteiger partial charge in [0.25, 0.3) is 5.56 Å². The molecule has 0 saturated heterocycles. The monoisotopic (exact) mass is 392 g/mol. The number of nitrogens with one attached hydrogen (secondary N) is 1. The standard InChI is InChI=1S/C19H19F3N4O2/c1-11-16-14(19(20,21)22)9-15(27)26(18(16)25(3)24-11)12(2)17(28)23-10-13-7-5-4-6-8-13/h4-9,12H,10H2,1-3H3,(H,23,28). The van der Waals surface area contributed by atoms with Crippen LogP contribution in [0, 0.1) is 6.92 Å². The van der Waals surface area contributed by atoms with Crippen LogP contribution in [0.4, 0.5) is 13.2 Å². The van der Waals surface area contributed by atoms with Crippen LogP contribution in [0.15, 0.2) is 41.2 Å². The highest BCUT2D eigenvalue weighted by molar-refractivity contribution is 5.86. The first kappa shape index (κ1) is 19.7. The zero-order valence-corrected chi connectivity index (χ0v) is 15.5. The quantitative estimate of drug-likeness (QED) is 0.742. The molecular weight excluding hydrogens is 373 g/mol. The van der Waals surface area contributed by atoms with Crippen LogP contribution in [0.3, 0.4) is 0 Å². The van der Waals surface area contributed by atoms with Gasteiger partial charge in [-0.1, -0.05) is 30.3 Å². The highest BCUT2D eigenvalue weighted by Crippen LogP contribution is 2.35. The average Bonchev–Trinajstić information content (AvgIpc) is 2.93. The number of benzene rings is 1. The second-order valence-electron chi connectivity index (χ2n) is 6.55. The van der Waals surface area contributed by atoms with Gasteiger partial charge in [0.05, 0.1) is 16.6 Å². The molecule has 28 heavy (non-hydrogen) atoms. The fraction of sp³-hybridized carbons (Fsp3) is 0.316. The first-order valence-corrected chi connectivity index (χ1v) is 8.59. The van der Waals surface area contributed by atoms with E-state index in [4.69, 9.17) is 0 Å². The molecule has 6 nitrogen and oxygen atoms in total. The third-order valence-electron chi connectivity index (χ3n) is 4.58. The van der Waals surface area contributed by atoms with E-state index in [0.717, 1.165) is 10.1 Å². The lowest BCUT2D eigenvalue weighted by Gasteiger charge is -2.19. The summed E-state index contributed by atoms with van der Waals surface area (Å²) in [5.74, 6) is -0.481. The summed E-state index contributed by atoms with van der Waals surface area (Å²) in [5.41, 5.74) is -1.00. The van der Waals surface area contributed by atoms with Crippen molar-refractivity contribution in [1.82, 2.24) is 19.7 Å². The second kappa shape index (κ2) is 7.14. The molecule has 1 atom stereocenters. The lowest BCUT2D eigenvalue weighted by atomic mass is 10.1. The lowest BCUT2D eigenvalue weighted by Crippen LogP contribution is -2.36. The number of amides is 1. The molecule has 1 unspecified atom stereocenters. The zero-order chi connectivity index (χ0) is 20.6. The van der Waals surface area contributed by atoms with E-state index in [1.807, 2.05) is 30.3 Å². The first-order valence-electron chi connectivity index (χ1n) is 8.59. The number of hydrogen-bond donors (Lipinski definition) is 1. The summed E-state index contributed by atoms with van der Waals surface area (Å²) in [6.45, 7) is 3.15. The molecule has 0 fully saturated rings. The molecule has 0 aliphatic heterocycles. The Balaban J connectivity index is 2.04. The molecular formula is C19H19F3N4O2. The van der Waals surface area contributed by atoms with Gasteiger partial charge < -0.3 is 5.32 Å². The van der Waals surface area contributed by atoms with Gasteiger partial charge in [-0.3, -0.25) is 18.8 Å². The van der Waals surface area contributed by atoms with Crippen LogP contribution in [-0.2, 0) is 24.6 Å². The third-order valence-corrected chi connectivity index (χ3v) is 4.58. The molecule has 2 aromatic heterocycles. The Morgan fingerprint density at radius 3 is 2.50 bits per heavy atom. The lowest BCUT2D eigenvalue weighted by molar-refractivity contribution is -0.136. The highest BCUT2D eigenvalue weighted by atomic mass is 19.4. The summed E-state index contributed by atoms with van der Waals surface area (Å²) in [4.78, 5) is 25.1. The minimum Gasteiger partial charge on any atom is -0.350 e. The third kappa shape index (κ3) is 3.51. The van der Waals surface area contributed by atoms with E-state index in [1.54, 1.807) is 0 Å². The number of rotatable bonds is 4. The number of halogens is 3. The zero-order valence-electron chi connectivity index (χ0n) is 15.5. The number of nitrogens with zero attached hydrogens (tertiary/aromatic N) is 3. The first-order chi connectivity index (χ1) is 13.1. The van der Waals surface area contributed by atoms with Crippen molar-refractivity contribution in [2.75, 3.05) is 0 Å². The number of aryl methyl sites for hydroxylation is 2. The van der Waals surface area contributed by atoms with Gasteiger partial charge in [-0.15, -0.1) is 0 Å². The molecule has 0 spiro atoms. The van der Waals surface area contributed by atoms with Crippen LogP contribution in [0.1, 0.15) is 29.8 Å². The molecule has 3 aromatic rings. The fourth-order valence-corrected chi connectivity index (χ4v) is 3.26. The van der Waals surface area contributed by atoms with Crippen LogP contribution in [0.5, 0.6) is 0 Å². The van der Waals surface area contributed by atoms with Gasteiger partial charge in [-0.25, -0.2) is 0 Å². The minimum atomic E-state index is -4.71. The van der Waals surface area contributed by atoms with Gasteiger partial charge >= 0.3 is 6.18 Å². The summed E-state index contributed by atoms with van der Waals surface area (Å²) < 4.78 is 42.5. The summed E-state index contributed by atoms with van der Waals surface area (Å²) in [6, 6.07) is 8.67. The van der Waals surface area contributed by atoms with E-state index < -0.39 is 29.2 Å². The van der Waals surface area contributed by atoms with Crippen LogP contribution >= 0.6 is 0 Å². The Labute approximate surface area is 158 Å². The predicted molar refractivity (Wildman–Crippen MR) is 97.7 cm³/mol. The Bertz CT molecular complexity index is 1080. The van der Waals surface area contributed by atoms with Crippen molar-refractivity contribution >= 4 is 16.9 Å². The molecule has 0 aliphatic carbocycles. The Hall–Kier alpha value is -3.10. The van der Waals surface area contributed by atoms with Crippen molar-refractivity contribution in [3.63, 3.8) is 0 Å². The average molecular weight is 392 g/mol. The predicted octanol–water partition coefficient (Wildman–Crippen LogP) is 2.94. The van der Waals surface area contributed by atoms with Crippen molar-refractivity contribution in [1.29, 1.82) is 0 Å². The van der Waals surface area contributed by atoms with E-state index in [-0.39, 0.29) is 23.3 Å². The van der Waals surface area contributed by atoms with Crippen LogP contribution in [0.25, 0.3) is 11.0 Å². The molecule has 1 N–H and O–H groups in total. The number of aromatic nitrogens is 3. The fourth-order valence-electron chi connectivity index (χ4n) is 3.26. The number of pyridine rings is 1. The Morgan fingerprint density at radius 1 is 1.25 bits per heavy atom. The molecule has 1 amide bonds. The second-order valence-corrected chi connectivity index (χ2v) is 6.55. The van der Waals surface area contributed by atoms with E-state index in [2.05, 4.69) is 10.4 Å². The molecule has 9 heteroatoms. The van der Waals surface area contributed by atoms with Gasteiger partial charge in [0.1, 0.15) is 11.7 Å². The molecule has 148 valence electrons. The van der Waals surface area contributed by atoms with E-state index in [1.165, 1.54) is 25.6 Å². The molecule has 0 aliphatic rings. The molecule has 0 saturated carbocycles. The van der Waals surface area contributed by atoms with Gasteiger partial charge in [-0.2, -0.15) is 18.3 Å². The highest BCUT2D eigenvalue weighted by Gasteiger charge is 2.36. The van der Waals surface area contributed by atoms with Crippen LogP contribution in [-0.4, -0.2) is 20.3 Å². The number of carbonyl (C=O) groups is 1. The molecule has 1 aromatic carbocycles. The number of hydrogen-bond acceptors (Lipinski definition) is 3. The van der Waals surface area contributed by atoms with E-state index in [0.29, 0.717) is 6.07 Å². The largest absolute Gasteiger partial charge is 0.417 e. The van der Waals surface area contributed by atoms with Gasteiger partial charge in [-0.05, 0) is 19.4 Å². The maximum atomic E-state index is 13.4. The topological polar surface area (TPSA) is 68.9 Å².